The zero-order chi connectivity index (χ0) is 14.4. The summed E-state index contributed by atoms with van der Waals surface area (Å²) >= 11 is 8.74. The fourth-order valence-electron chi connectivity index (χ4n) is 1.81. The Morgan fingerprint density at radius 3 is 2.70 bits per heavy atom. The van der Waals surface area contributed by atoms with Gasteiger partial charge in [0.15, 0.2) is 11.5 Å². The van der Waals surface area contributed by atoms with E-state index in [2.05, 4.69) is 54.8 Å². The van der Waals surface area contributed by atoms with Crippen LogP contribution in [0.3, 0.4) is 0 Å². The largest absolute Gasteiger partial charge is 0.490 e. The molecule has 5 heteroatoms. The Morgan fingerprint density at radius 2 is 2.05 bits per heavy atom. The monoisotopic (exact) mass is 418 g/mol. The lowest BCUT2D eigenvalue weighted by atomic mass is 10.2. The summed E-state index contributed by atoms with van der Waals surface area (Å²) in [6.45, 7) is 3.24. The number of hydrogen-bond donors (Lipinski definition) is 0. The van der Waals surface area contributed by atoms with Gasteiger partial charge >= 0.3 is 0 Å². The van der Waals surface area contributed by atoms with Crippen molar-refractivity contribution in [3.05, 3.63) is 44.6 Å². The van der Waals surface area contributed by atoms with Crippen LogP contribution in [-0.2, 0) is 11.8 Å². The van der Waals surface area contributed by atoms with Crippen LogP contribution < -0.4 is 9.47 Å². The fourth-order valence-corrected chi connectivity index (χ4v) is 3.44. The smallest absolute Gasteiger partial charge is 0.175 e. The van der Waals surface area contributed by atoms with Crippen LogP contribution in [0, 0.1) is 0 Å². The normalized spacial score (nSPS) is 10.6. The van der Waals surface area contributed by atoms with E-state index < -0.39 is 0 Å². The van der Waals surface area contributed by atoms with E-state index in [1.54, 1.807) is 11.3 Å². The van der Waals surface area contributed by atoms with Crippen molar-refractivity contribution in [3.8, 4) is 11.5 Å². The number of rotatable bonds is 7. The SMILES string of the molecule is CCOc1cc(CBr)cc(Br)c1OCCc1ccsc1. The first-order valence-corrected chi connectivity index (χ1v) is 9.25. The molecule has 0 unspecified atom stereocenters. The third-order valence-electron chi connectivity index (χ3n) is 2.74. The van der Waals surface area contributed by atoms with E-state index in [9.17, 15) is 0 Å². The summed E-state index contributed by atoms with van der Waals surface area (Å²) in [6, 6.07) is 6.20. The standard InChI is InChI=1S/C15H16Br2O2S/c1-2-18-14-8-12(9-16)7-13(17)15(14)19-5-3-11-4-6-20-10-11/h4,6-8,10H,2-3,5,9H2,1H3. The van der Waals surface area contributed by atoms with Gasteiger partial charge in [0.05, 0.1) is 17.7 Å². The Labute approximate surface area is 140 Å². The van der Waals surface area contributed by atoms with Crippen molar-refractivity contribution in [2.45, 2.75) is 18.7 Å². The van der Waals surface area contributed by atoms with Gasteiger partial charge < -0.3 is 9.47 Å². The molecule has 0 aliphatic heterocycles. The average molecular weight is 420 g/mol. The molecule has 108 valence electrons. The second-order valence-corrected chi connectivity index (χ2v) is 6.40. The highest BCUT2D eigenvalue weighted by Crippen LogP contribution is 2.37. The molecule has 0 aliphatic carbocycles. The summed E-state index contributed by atoms with van der Waals surface area (Å²) in [4.78, 5) is 0. The van der Waals surface area contributed by atoms with Crippen LogP contribution in [0.1, 0.15) is 18.1 Å². The predicted molar refractivity (Wildman–Crippen MR) is 91.5 cm³/mol. The molecule has 0 bridgehead atoms. The van der Waals surface area contributed by atoms with Crippen LogP contribution in [0.2, 0.25) is 0 Å². The van der Waals surface area contributed by atoms with Crippen molar-refractivity contribution < 1.29 is 9.47 Å². The van der Waals surface area contributed by atoms with Crippen molar-refractivity contribution in [3.63, 3.8) is 0 Å². The van der Waals surface area contributed by atoms with Gasteiger partial charge in [-0.05, 0) is 62.9 Å². The van der Waals surface area contributed by atoms with Crippen molar-refractivity contribution in [2.24, 2.45) is 0 Å². The van der Waals surface area contributed by atoms with Crippen LogP contribution in [0.25, 0.3) is 0 Å². The van der Waals surface area contributed by atoms with E-state index in [0.29, 0.717) is 13.2 Å². The second-order valence-electron chi connectivity index (χ2n) is 4.20. The summed E-state index contributed by atoms with van der Waals surface area (Å²) < 4.78 is 12.5. The molecule has 1 heterocycles. The summed E-state index contributed by atoms with van der Waals surface area (Å²) in [5.74, 6) is 1.58. The zero-order valence-electron chi connectivity index (χ0n) is 11.2. The van der Waals surface area contributed by atoms with Gasteiger partial charge in [0, 0.05) is 11.8 Å². The van der Waals surface area contributed by atoms with Crippen molar-refractivity contribution >= 4 is 43.2 Å². The first-order valence-electron chi connectivity index (χ1n) is 6.39. The van der Waals surface area contributed by atoms with Crippen LogP contribution >= 0.6 is 43.2 Å². The first kappa shape index (κ1) is 15.9. The van der Waals surface area contributed by atoms with Crippen molar-refractivity contribution in [1.29, 1.82) is 0 Å². The molecule has 1 aromatic carbocycles. The van der Waals surface area contributed by atoms with Gasteiger partial charge in [0.2, 0.25) is 0 Å². The molecule has 0 N–H and O–H groups in total. The molecule has 2 nitrogen and oxygen atoms in total. The topological polar surface area (TPSA) is 18.5 Å². The summed E-state index contributed by atoms with van der Waals surface area (Å²) in [5, 5.41) is 5.03. The molecule has 2 aromatic rings. The number of alkyl halides is 1. The Balaban J connectivity index is 2.08. The lowest BCUT2D eigenvalue weighted by molar-refractivity contribution is 0.277. The van der Waals surface area contributed by atoms with Gasteiger partial charge in [-0.15, -0.1) is 0 Å². The molecule has 0 radical (unpaired) electrons. The molecule has 2 rings (SSSR count). The van der Waals surface area contributed by atoms with Crippen LogP contribution in [0.15, 0.2) is 33.4 Å². The highest BCUT2D eigenvalue weighted by Gasteiger charge is 2.12. The molecule has 0 saturated carbocycles. The molecular weight excluding hydrogens is 404 g/mol. The summed E-state index contributed by atoms with van der Waals surface area (Å²) in [5.41, 5.74) is 2.46. The molecule has 20 heavy (non-hydrogen) atoms. The molecule has 1 aromatic heterocycles. The zero-order valence-corrected chi connectivity index (χ0v) is 15.2. The Bertz CT molecular complexity index is 541. The lowest BCUT2D eigenvalue weighted by Gasteiger charge is -2.14. The van der Waals surface area contributed by atoms with Gasteiger partial charge in [0.1, 0.15) is 0 Å². The molecule has 0 aliphatic rings. The van der Waals surface area contributed by atoms with Gasteiger partial charge in [0.25, 0.3) is 0 Å². The quantitative estimate of drug-likeness (QED) is 0.557. The Hall–Kier alpha value is -0.520. The minimum Gasteiger partial charge on any atom is -0.490 e. The average Bonchev–Trinajstić information content (AvgIpc) is 2.95. The number of hydrogen-bond acceptors (Lipinski definition) is 3. The van der Waals surface area contributed by atoms with Crippen LogP contribution in [0.5, 0.6) is 11.5 Å². The maximum atomic E-state index is 5.91. The number of thiophene rings is 1. The van der Waals surface area contributed by atoms with Gasteiger partial charge in [-0.1, -0.05) is 15.9 Å². The number of ether oxygens (including phenoxy) is 2. The minimum atomic E-state index is 0.624. The van der Waals surface area contributed by atoms with Gasteiger partial charge in [-0.2, -0.15) is 11.3 Å². The molecule has 0 amide bonds. The fraction of sp³-hybridized carbons (Fsp3) is 0.333. The van der Waals surface area contributed by atoms with E-state index in [4.69, 9.17) is 9.47 Å². The third-order valence-corrected chi connectivity index (χ3v) is 4.71. The van der Waals surface area contributed by atoms with E-state index in [1.807, 2.05) is 13.0 Å². The van der Waals surface area contributed by atoms with Gasteiger partial charge in [-0.3, -0.25) is 0 Å². The maximum absolute atomic E-state index is 5.91. The maximum Gasteiger partial charge on any atom is 0.175 e. The lowest BCUT2D eigenvalue weighted by Crippen LogP contribution is -2.04. The van der Waals surface area contributed by atoms with E-state index >= 15 is 0 Å². The first-order chi connectivity index (χ1) is 9.74. The molecule has 0 atom stereocenters. The summed E-state index contributed by atoms with van der Waals surface area (Å²) in [7, 11) is 0. The molecule has 0 spiro atoms. The number of halogens is 2. The Morgan fingerprint density at radius 1 is 1.20 bits per heavy atom. The van der Waals surface area contributed by atoms with Gasteiger partial charge in [-0.25, -0.2) is 0 Å². The molecular formula is C15H16Br2O2S. The molecule has 0 fully saturated rings. The van der Waals surface area contributed by atoms with E-state index in [-0.39, 0.29) is 0 Å². The van der Waals surface area contributed by atoms with Crippen molar-refractivity contribution in [1.82, 2.24) is 0 Å². The second kappa shape index (κ2) is 8.05. The van der Waals surface area contributed by atoms with Crippen LogP contribution in [-0.4, -0.2) is 13.2 Å². The van der Waals surface area contributed by atoms with E-state index in [0.717, 1.165) is 33.3 Å². The van der Waals surface area contributed by atoms with Crippen LogP contribution in [0.4, 0.5) is 0 Å². The minimum absolute atomic E-state index is 0.624. The number of benzene rings is 1. The van der Waals surface area contributed by atoms with E-state index in [1.165, 1.54) is 5.56 Å². The van der Waals surface area contributed by atoms with Crippen molar-refractivity contribution in [2.75, 3.05) is 13.2 Å². The predicted octanol–water partition coefficient (Wildman–Crippen LogP) is 5.43. The molecule has 0 saturated heterocycles. The highest BCUT2D eigenvalue weighted by atomic mass is 79.9. The third kappa shape index (κ3) is 4.24. The Kier molecular flexibility index (Phi) is 6.39. The summed E-state index contributed by atoms with van der Waals surface area (Å²) in [6.07, 6.45) is 0.904. The highest BCUT2D eigenvalue weighted by molar-refractivity contribution is 9.10.